The van der Waals surface area contributed by atoms with Crippen molar-refractivity contribution < 1.29 is 0 Å². The highest BCUT2D eigenvalue weighted by molar-refractivity contribution is 7.99. The van der Waals surface area contributed by atoms with Crippen molar-refractivity contribution in [3.63, 3.8) is 0 Å². The van der Waals surface area contributed by atoms with Crippen LogP contribution in [0.5, 0.6) is 0 Å². The fourth-order valence-electron chi connectivity index (χ4n) is 1.22. The molecule has 0 amide bonds. The van der Waals surface area contributed by atoms with Crippen LogP contribution in [0.15, 0.2) is 18.2 Å². The minimum atomic E-state index is 0.672. The summed E-state index contributed by atoms with van der Waals surface area (Å²) in [7, 11) is 0. The third kappa shape index (κ3) is 5.67. The molecule has 0 aliphatic carbocycles. The molecule has 0 fully saturated rings. The highest BCUT2D eigenvalue weighted by atomic mass is 35.5. The Morgan fingerprint density at radius 2 is 1.94 bits per heavy atom. The van der Waals surface area contributed by atoms with Crippen LogP contribution in [0, 0.1) is 12.3 Å². The van der Waals surface area contributed by atoms with E-state index in [-0.39, 0.29) is 0 Å². The van der Waals surface area contributed by atoms with Gasteiger partial charge in [-0.2, -0.15) is 0 Å². The van der Waals surface area contributed by atoms with Crippen LogP contribution in [0.25, 0.3) is 0 Å². The van der Waals surface area contributed by atoms with E-state index in [1.54, 1.807) is 17.8 Å². The summed E-state index contributed by atoms with van der Waals surface area (Å²) in [5.74, 6) is 4.37. The van der Waals surface area contributed by atoms with Gasteiger partial charge in [0.15, 0.2) is 0 Å². The van der Waals surface area contributed by atoms with Gasteiger partial charge in [-0.1, -0.05) is 29.1 Å². The van der Waals surface area contributed by atoms with Crippen LogP contribution in [0.4, 0.5) is 0 Å². The second-order valence-electron chi connectivity index (χ2n) is 3.21. The van der Waals surface area contributed by atoms with Crippen LogP contribution in [0.1, 0.15) is 5.56 Å². The van der Waals surface area contributed by atoms with Gasteiger partial charge in [0.25, 0.3) is 0 Å². The number of halogens is 2. The minimum Gasteiger partial charge on any atom is -0.312 e. The van der Waals surface area contributed by atoms with Crippen LogP contribution in [0.3, 0.4) is 0 Å². The number of terminal acetylenes is 1. The maximum Gasteiger partial charge on any atom is 0.0545 e. The van der Waals surface area contributed by atoms with Gasteiger partial charge >= 0.3 is 0 Å². The molecule has 0 atom stereocenters. The lowest BCUT2D eigenvalue weighted by Crippen LogP contribution is -2.16. The molecular weight excluding hydrogens is 261 g/mol. The van der Waals surface area contributed by atoms with Gasteiger partial charge in [0.05, 0.1) is 5.75 Å². The Labute approximate surface area is 111 Å². The van der Waals surface area contributed by atoms with Crippen LogP contribution >= 0.6 is 35.0 Å². The molecule has 0 spiro atoms. The molecule has 0 unspecified atom stereocenters. The molecule has 0 aromatic heterocycles. The highest BCUT2D eigenvalue weighted by Gasteiger charge is 1.97. The molecule has 0 bridgehead atoms. The number of thioether (sulfide) groups is 1. The minimum absolute atomic E-state index is 0.672. The predicted molar refractivity (Wildman–Crippen MR) is 74.3 cm³/mol. The van der Waals surface area contributed by atoms with E-state index >= 15 is 0 Å². The Morgan fingerprint density at radius 1 is 1.25 bits per heavy atom. The fraction of sp³-hybridized carbons (Fsp3) is 0.333. The lowest BCUT2D eigenvalue weighted by atomic mass is 10.2. The average Bonchev–Trinajstić information content (AvgIpc) is 2.22. The topological polar surface area (TPSA) is 12.0 Å². The molecule has 0 aliphatic heterocycles. The van der Waals surface area contributed by atoms with Crippen LogP contribution in [-0.4, -0.2) is 18.1 Å². The van der Waals surface area contributed by atoms with Crippen LogP contribution in [-0.2, 0) is 6.54 Å². The average molecular weight is 274 g/mol. The molecule has 16 heavy (non-hydrogen) atoms. The van der Waals surface area contributed by atoms with Crippen molar-refractivity contribution >= 4 is 35.0 Å². The Bertz CT molecular complexity index is 354. The second kappa shape index (κ2) is 7.86. The number of benzene rings is 1. The Morgan fingerprint density at radius 3 is 2.56 bits per heavy atom. The first kappa shape index (κ1) is 13.7. The fourth-order valence-corrected chi connectivity index (χ4v) is 2.34. The quantitative estimate of drug-likeness (QED) is 0.630. The predicted octanol–water partition coefficient (Wildman–Crippen LogP) is 3.45. The molecule has 0 aliphatic rings. The van der Waals surface area contributed by atoms with Gasteiger partial charge < -0.3 is 5.32 Å². The SMILES string of the molecule is C#CCSCCNCc1cc(Cl)cc(Cl)c1. The van der Waals surface area contributed by atoms with Gasteiger partial charge in [0.1, 0.15) is 0 Å². The largest absolute Gasteiger partial charge is 0.312 e. The number of hydrogen-bond acceptors (Lipinski definition) is 2. The Kier molecular flexibility index (Phi) is 6.75. The molecular formula is C12H13Cl2NS. The molecule has 0 radical (unpaired) electrons. The lowest BCUT2D eigenvalue weighted by molar-refractivity contribution is 0.732. The summed E-state index contributed by atoms with van der Waals surface area (Å²) in [6.07, 6.45) is 5.15. The third-order valence-corrected chi connectivity index (χ3v) is 3.16. The second-order valence-corrected chi connectivity index (χ2v) is 5.19. The first-order valence-corrected chi connectivity index (χ1v) is 6.80. The zero-order valence-corrected chi connectivity index (χ0v) is 11.1. The summed E-state index contributed by atoms with van der Waals surface area (Å²) in [4.78, 5) is 0. The smallest absolute Gasteiger partial charge is 0.0545 e. The van der Waals surface area contributed by atoms with Crippen molar-refractivity contribution in [2.75, 3.05) is 18.1 Å². The first-order valence-electron chi connectivity index (χ1n) is 4.89. The van der Waals surface area contributed by atoms with E-state index in [9.17, 15) is 0 Å². The van der Waals surface area contributed by atoms with E-state index in [1.165, 1.54) is 0 Å². The van der Waals surface area contributed by atoms with E-state index in [4.69, 9.17) is 29.6 Å². The van der Waals surface area contributed by atoms with E-state index in [0.29, 0.717) is 10.0 Å². The molecule has 0 saturated heterocycles. The summed E-state index contributed by atoms with van der Waals surface area (Å²) in [5, 5.41) is 4.65. The van der Waals surface area contributed by atoms with E-state index in [2.05, 4.69) is 11.2 Å². The van der Waals surface area contributed by atoms with Gasteiger partial charge in [-0.25, -0.2) is 0 Å². The summed E-state index contributed by atoms with van der Waals surface area (Å²) in [6.45, 7) is 1.70. The van der Waals surface area contributed by atoms with Crippen molar-refractivity contribution in [3.05, 3.63) is 33.8 Å². The zero-order chi connectivity index (χ0) is 11.8. The molecule has 4 heteroatoms. The lowest BCUT2D eigenvalue weighted by Gasteiger charge is -2.05. The summed E-state index contributed by atoms with van der Waals surface area (Å²) < 4.78 is 0. The Balaban J connectivity index is 2.24. The molecule has 1 rings (SSSR count). The molecule has 1 aromatic rings. The van der Waals surface area contributed by atoms with Gasteiger partial charge in [0, 0.05) is 28.9 Å². The maximum absolute atomic E-state index is 5.89. The monoisotopic (exact) mass is 273 g/mol. The zero-order valence-electron chi connectivity index (χ0n) is 8.80. The van der Waals surface area contributed by atoms with Gasteiger partial charge in [-0.05, 0) is 23.8 Å². The molecule has 1 nitrogen and oxygen atoms in total. The van der Waals surface area contributed by atoms with Crippen molar-refractivity contribution in [2.24, 2.45) is 0 Å². The molecule has 1 N–H and O–H groups in total. The van der Waals surface area contributed by atoms with Crippen molar-refractivity contribution in [1.82, 2.24) is 5.32 Å². The van der Waals surface area contributed by atoms with Gasteiger partial charge in [-0.15, -0.1) is 18.2 Å². The van der Waals surface area contributed by atoms with Crippen LogP contribution in [0.2, 0.25) is 10.0 Å². The number of nitrogens with one attached hydrogen (secondary N) is 1. The highest BCUT2D eigenvalue weighted by Crippen LogP contribution is 2.18. The number of rotatable bonds is 6. The summed E-state index contributed by atoms with van der Waals surface area (Å²) >= 11 is 13.5. The van der Waals surface area contributed by atoms with Gasteiger partial charge in [0.2, 0.25) is 0 Å². The molecule has 0 heterocycles. The van der Waals surface area contributed by atoms with Crippen molar-refractivity contribution in [3.8, 4) is 12.3 Å². The van der Waals surface area contributed by atoms with Crippen LogP contribution < -0.4 is 5.32 Å². The Hall–Kier alpha value is -0.330. The number of hydrogen-bond donors (Lipinski definition) is 1. The van der Waals surface area contributed by atoms with Crippen molar-refractivity contribution in [1.29, 1.82) is 0 Å². The van der Waals surface area contributed by atoms with Gasteiger partial charge in [-0.3, -0.25) is 0 Å². The molecule has 1 aromatic carbocycles. The van der Waals surface area contributed by atoms with Crippen molar-refractivity contribution in [2.45, 2.75) is 6.54 Å². The molecule has 86 valence electrons. The van der Waals surface area contributed by atoms with E-state index in [1.807, 2.05) is 12.1 Å². The third-order valence-electron chi connectivity index (χ3n) is 1.86. The summed E-state index contributed by atoms with van der Waals surface area (Å²) in [6, 6.07) is 5.55. The first-order chi connectivity index (χ1) is 7.72. The standard InChI is InChI=1S/C12H13Cl2NS/c1-2-4-16-5-3-15-9-10-6-11(13)8-12(14)7-10/h1,6-8,15H,3-5,9H2. The normalized spacial score (nSPS) is 10.1. The maximum atomic E-state index is 5.89. The molecule has 0 saturated carbocycles. The summed E-state index contributed by atoms with van der Waals surface area (Å²) in [5.41, 5.74) is 1.10. The van der Waals surface area contributed by atoms with E-state index in [0.717, 1.165) is 30.2 Å². The van der Waals surface area contributed by atoms with E-state index < -0.39 is 0 Å².